The minimum atomic E-state index is -0.667. The fourth-order valence-corrected chi connectivity index (χ4v) is 4.98. The Hall–Kier alpha value is -1.32. The molecule has 0 saturated heterocycles. The Morgan fingerprint density at radius 2 is 1.00 bits per heavy atom. The van der Waals surface area contributed by atoms with Gasteiger partial charge in [-0.25, -0.2) is 0 Å². The van der Waals surface area contributed by atoms with Gasteiger partial charge >= 0.3 is 11.9 Å². The van der Waals surface area contributed by atoms with Crippen molar-refractivity contribution in [1.29, 1.82) is 0 Å². The lowest BCUT2D eigenvalue weighted by Crippen LogP contribution is -2.17. The van der Waals surface area contributed by atoms with Crippen molar-refractivity contribution >= 4 is 11.9 Å². The second kappa shape index (κ2) is 30.2. The fourth-order valence-electron chi connectivity index (χ4n) is 4.98. The van der Waals surface area contributed by atoms with Crippen molar-refractivity contribution in [1.82, 2.24) is 0 Å². The molecule has 0 rings (SSSR count). The first kappa shape index (κ1) is 36.7. The van der Waals surface area contributed by atoms with Crippen LogP contribution in [0.25, 0.3) is 0 Å². The summed E-state index contributed by atoms with van der Waals surface area (Å²) >= 11 is 0. The van der Waals surface area contributed by atoms with Gasteiger partial charge in [0.2, 0.25) is 0 Å². The molecule has 1 atom stereocenters. The molecule has 0 amide bonds. The fraction of sp³-hybridized carbons (Fsp3) is 0.882. The molecule has 0 radical (unpaired) electrons. The van der Waals surface area contributed by atoms with Crippen LogP contribution in [-0.4, -0.2) is 23.1 Å². The SMILES string of the molecule is CCCC/C=C\CCCCCCCC(=O)OC(CC)CCCCCCCCCCCCCCCCC(=O)O. The van der Waals surface area contributed by atoms with Gasteiger partial charge in [-0.05, 0) is 51.4 Å². The normalized spacial score (nSPS) is 12.3. The van der Waals surface area contributed by atoms with Crippen molar-refractivity contribution in [3.63, 3.8) is 0 Å². The van der Waals surface area contributed by atoms with Crippen LogP contribution in [0.4, 0.5) is 0 Å². The Morgan fingerprint density at radius 3 is 1.47 bits per heavy atom. The number of allylic oxidation sites excluding steroid dienone is 2. The minimum absolute atomic E-state index is 0.00823. The third kappa shape index (κ3) is 29.2. The number of carboxylic acid groups (broad SMARTS) is 1. The molecule has 1 unspecified atom stereocenters. The average Bonchev–Trinajstić information content (AvgIpc) is 2.90. The van der Waals surface area contributed by atoms with Gasteiger partial charge in [0, 0.05) is 12.8 Å². The van der Waals surface area contributed by atoms with Crippen LogP contribution in [0.3, 0.4) is 0 Å². The zero-order valence-corrected chi connectivity index (χ0v) is 25.5. The molecule has 0 heterocycles. The first-order valence-corrected chi connectivity index (χ1v) is 16.7. The van der Waals surface area contributed by atoms with E-state index in [9.17, 15) is 9.59 Å². The van der Waals surface area contributed by atoms with Gasteiger partial charge < -0.3 is 9.84 Å². The largest absolute Gasteiger partial charge is 0.481 e. The Morgan fingerprint density at radius 1 is 0.579 bits per heavy atom. The molecule has 38 heavy (non-hydrogen) atoms. The quantitative estimate of drug-likeness (QED) is 0.0563. The molecule has 224 valence electrons. The van der Waals surface area contributed by atoms with Gasteiger partial charge in [0.15, 0.2) is 0 Å². The van der Waals surface area contributed by atoms with E-state index in [-0.39, 0.29) is 12.1 Å². The summed E-state index contributed by atoms with van der Waals surface area (Å²) in [6.45, 7) is 4.37. The summed E-state index contributed by atoms with van der Waals surface area (Å²) in [4.78, 5) is 22.7. The number of rotatable bonds is 30. The Balaban J connectivity index is 3.43. The number of hydrogen-bond acceptors (Lipinski definition) is 3. The highest BCUT2D eigenvalue weighted by molar-refractivity contribution is 5.69. The molecule has 0 fully saturated rings. The van der Waals surface area contributed by atoms with E-state index in [2.05, 4.69) is 26.0 Å². The van der Waals surface area contributed by atoms with Crippen molar-refractivity contribution in [3.8, 4) is 0 Å². The van der Waals surface area contributed by atoms with E-state index in [4.69, 9.17) is 9.84 Å². The molecule has 1 N–H and O–H groups in total. The molecule has 0 aliphatic rings. The van der Waals surface area contributed by atoms with Gasteiger partial charge in [-0.3, -0.25) is 9.59 Å². The maximum Gasteiger partial charge on any atom is 0.306 e. The van der Waals surface area contributed by atoms with Crippen molar-refractivity contribution in [3.05, 3.63) is 12.2 Å². The van der Waals surface area contributed by atoms with Crippen LogP contribution in [0, 0.1) is 0 Å². The molecular weight excluding hydrogens is 472 g/mol. The Kier molecular flexibility index (Phi) is 29.2. The van der Waals surface area contributed by atoms with E-state index in [1.165, 1.54) is 122 Å². The highest BCUT2D eigenvalue weighted by atomic mass is 16.5. The topological polar surface area (TPSA) is 63.6 Å². The molecular formula is C34H64O4. The minimum Gasteiger partial charge on any atom is -0.481 e. The van der Waals surface area contributed by atoms with Gasteiger partial charge in [-0.1, -0.05) is 135 Å². The molecule has 0 saturated carbocycles. The predicted molar refractivity (Wildman–Crippen MR) is 163 cm³/mol. The van der Waals surface area contributed by atoms with E-state index in [0.29, 0.717) is 12.8 Å². The Bertz CT molecular complexity index is 543. The number of unbranched alkanes of at least 4 members (excludes halogenated alkanes) is 20. The monoisotopic (exact) mass is 536 g/mol. The smallest absolute Gasteiger partial charge is 0.306 e. The first-order chi connectivity index (χ1) is 18.6. The lowest BCUT2D eigenvalue weighted by atomic mass is 10.0. The van der Waals surface area contributed by atoms with Crippen LogP contribution in [-0.2, 0) is 14.3 Å². The molecule has 0 aromatic heterocycles. The van der Waals surface area contributed by atoms with Crippen LogP contribution in [0.2, 0.25) is 0 Å². The number of ether oxygens (including phenoxy) is 1. The van der Waals surface area contributed by atoms with Gasteiger partial charge in [-0.2, -0.15) is 0 Å². The third-order valence-corrected chi connectivity index (χ3v) is 7.56. The molecule has 4 nitrogen and oxygen atoms in total. The molecule has 0 aliphatic heterocycles. The van der Waals surface area contributed by atoms with E-state index in [1.54, 1.807) is 0 Å². The molecule has 4 heteroatoms. The summed E-state index contributed by atoms with van der Waals surface area (Å²) < 4.78 is 5.75. The number of carbonyl (C=O) groups excluding carboxylic acids is 1. The summed E-state index contributed by atoms with van der Waals surface area (Å²) in [7, 11) is 0. The molecule has 0 spiro atoms. The molecule has 0 aromatic rings. The number of carbonyl (C=O) groups is 2. The van der Waals surface area contributed by atoms with E-state index >= 15 is 0 Å². The van der Waals surface area contributed by atoms with Crippen LogP contribution in [0.5, 0.6) is 0 Å². The number of hydrogen-bond donors (Lipinski definition) is 1. The second-order valence-electron chi connectivity index (χ2n) is 11.3. The van der Waals surface area contributed by atoms with Crippen LogP contribution in [0.15, 0.2) is 12.2 Å². The highest BCUT2D eigenvalue weighted by Crippen LogP contribution is 2.16. The van der Waals surface area contributed by atoms with Crippen molar-refractivity contribution in [2.24, 2.45) is 0 Å². The van der Waals surface area contributed by atoms with Gasteiger partial charge in [0.1, 0.15) is 6.10 Å². The summed E-state index contributed by atoms with van der Waals surface area (Å²) in [6.07, 6.45) is 35.9. The van der Waals surface area contributed by atoms with Crippen LogP contribution >= 0.6 is 0 Å². The summed E-state index contributed by atoms with van der Waals surface area (Å²) in [5.74, 6) is -0.659. The second-order valence-corrected chi connectivity index (χ2v) is 11.3. The standard InChI is InChI=1S/C34H64O4/c1-3-5-6-7-8-9-14-19-22-25-28-31-34(37)38-32(4-2)29-26-23-20-17-15-12-10-11-13-16-18-21-24-27-30-33(35)36/h7-8,32H,3-6,9-31H2,1-2H3,(H,35,36)/b8-7-. The average molecular weight is 537 g/mol. The van der Waals surface area contributed by atoms with Gasteiger partial charge in [0.25, 0.3) is 0 Å². The summed E-state index contributed by atoms with van der Waals surface area (Å²) in [6, 6.07) is 0. The maximum absolute atomic E-state index is 12.2. The van der Waals surface area contributed by atoms with Crippen LogP contribution in [0.1, 0.15) is 187 Å². The predicted octanol–water partition coefficient (Wildman–Crippen LogP) is 11.1. The van der Waals surface area contributed by atoms with Crippen molar-refractivity contribution < 1.29 is 19.4 Å². The summed E-state index contributed by atoms with van der Waals surface area (Å²) in [5.41, 5.74) is 0. The maximum atomic E-state index is 12.2. The van der Waals surface area contributed by atoms with E-state index < -0.39 is 5.97 Å². The number of esters is 1. The zero-order valence-electron chi connectivity index (χ0n) is 25.5. The summed E-state index contributed by atoms with van der Waals surface area (Å²) in [5, 5.41) is 8.63. The first-order valence-electron chi connectivity index (χ1n) is 16.7. The Labute approximate surface area is 236 Å². The number of aliphatic carboxylic acids is 1. The molecule has 0 aromatic carbocycles. The van der Waals surface area contributed by atoms with Crippen LogP contribution < -0.4 is 0 Å². The molecule has 0 aliphatic carbocycles. The van der Waals surface area contributed by atoms with E-state index in [0.717, 1.165) is 38.5 Å². The van der Waals surface area contributed by atoms with Gasteiger partial charge in [0.05, 0.1) is 0 Å². The lowest BCUT2D eigenvalue weighted by molar-refractivity contribution is -0.149. The van der Waals surface area contributed by atoms with Crippen molar-refractivity contribution in [2.45, 2.75) is 193 Å². The molecule has 0 bridgehead atoms. The highest BCUT2D eigenvalue weighted by Gasteiger charge is 2.12. The number of carboxylic acids is 1. The van der Waals surface area contributed by atoms with Crippen molar-refractivity contribution in [2.75, 3.05) is 0 Å². The zero-order chi connectivity index (χ0) is 27.9. The third-order valence-electron chi connectivity index (χ3n) is 7.56. The lowest BCUT2D eigenvalue weighted by Gasteiger charge is -2.16. The van der Waals surface area contributed by atoms with E-state index in [1.807, 2.05) is 0 Å². The van der Waals surface area contributed by atoms with Gasteiger partial charge in [-0.15, -0.1) is 0 Å².